The number of hydrogen-bond acceptors (Lipinski definition) is 1. The third-order valence-electron chi connectivity index (χ3n) is 1.71. The first-order valence-corrected chi connectivity index (χ1v) is 5.18. The molecule has 2 rings (SSSR count). The first-order valence-electron chi connectivity index (χ1n) is 4.18. The summed E-state index contributed by atoms with van der Waals surface area (Å²) >= 11 is 0. The van der Waals surface area contributed by atoms with Crippen LogP contribution in [0.1, 0.15) is 0 Å². The Morgan fingerprint density at radius 2 is 1.62 bits per heavy atom. The maximum atomic E-state index is 4.29. The summed E-state index contributed by atoms with van der Waals surface area (Å²) in [5, 5.41) is 1.33. The van der Waals surface area contributed by atoms with Crippen LogP contribution in [0.3, 0.4) is 0 Å². The van der Waals surface area contributed by atoms with E-state index in [2.05, 4.69) is 35.3 Å². The fourth-order valence-corrected chi connectivity index (χ4v) is 2.08. The molecule has 1 unspecified atom stereocenters. The molecular weight excluding hydrogens is 177 g/mol. The van der Waals surface area contributed by atoms with Crippen molar-refractivity contribution in [2.45, 2.75) is 0 Å². The highest BCUT2D eigenvalue weighted by Gasteiger charge is 1.93. The van der Waals surface area contributed by atoms with Gasteiger partial charge in [-0.05, 0) is 26.0 Å². The van der Waals surface area contributed by atoms with Gasteiger partial charge in [-0.3, -0.25) is 4.98 Å². The van der Waals surface area contributed by atoms with Crippen molar-refractivity contribution in [3.05, 3.63) is 54.7 Å². The van der Waals surface area contributed by atoms with Gasteiger partial charge >= 0.3 is 0 Å². The van der Waals surface area contributed by atoms with Gasteiger partial charge in [-0.15, -0.1) is 0 Å². The fourth-order valence-electron chi connectivity index (χ4n) is 1.11. The van der Waals surface area contributed by atoms with Gasteiger partial charge in [0.25, 0.3) is 0 Å². The summed E-state index contributed by atoms with van der Waals surface area (Å²) in [5.41, 5.74) is 1.15. The molecule has 0 spiro atoms. The Labute approximate surface area is 79.6 Å². The van der Waals surface area contributed by atoms with Crippen LogP contribution in [0, 0.1) is 0 Å². The van der Waals surface area contributed by atoms with Crippen LogP contribution in [0.2, 0.25) is 0 Å². The quantitative estimate of drug-likeness (QED) is 0.652. The summed E-state index contributed by atoms with van der Waals surface area (Å²) in [6.45, 7) is 0. The van der Waals surface area contributed by atoms with Crippen molar-refractivity contribution in [3.63, 3.8) is 0 Å². The number of hydrogen-bond donors (Lipinski definition) is 0. The van der Waals surface area contributed by atoms with Gasteiger partial charge in [-0.25, -0.2) is 0 Å². The minimum absolute atomic E-state index is 0.666. The third-order valence-corrected chi connectivity index (χ3v) is 2.89. The Hall–Kier alpha value is -1.20. The van der Waals surface area contributed by atoms with Crippen LogP contribution < -0.4 is 10.7 Å². The van der Waals surface area contributed by atoms with Crippen LogP contribution in [0.4, 0.5) is 0 Å². The number of pyridine rings is 1. The van der Waals surface area contributed by atoms with Gasteiger partial charge < -0.3 is 0 Å². The molecule has 1 nitrogen and oxygen atoms in total. The van der Waals surface area contributed by atoms with E-state index in [9.17, 15) is 0 Å². The standard InChI is InChI=1S/C11H10NP/c1-2-6-10(7-3-1)13-11-8-4-5-9-12-11/h1-9,13H. The highest BCUT2D eigenvalue weighted by molar-refractivity contribution is 7.55. The zero-order valence-corrected chi connectivity index (χ0v) is 8.14. The van der Waals surface area contributed by atoms with Crippen LogP contribution >= 0.6 is 8.58 Å². The molecule has 0 aliphatic rings. The second-order valence-electron chi connectivity index (χ2n) is 2.71. The maximum Gasteiger partial charge on any atom is 0.0645 e. The number of benzene rings is 1. The highest BCUT2D eigenvalue weighted by atomic mass is 31.1. The number of nitrogens with zero attached hydrogens (tertiary/aromatic N) is 1. The SMILES string of the molecule is c1ccc(Pc2ccccn2)cc1. The third kappa shape index (κ3) is 2.37. The molecule has 0 amide bonds. The second kappa shape index (κ2) is 4.15. The fraction of sp³-hybridized carbons (Fsp3) is 0. The van der Waals surface area contributed by atoms with Crippen molar-refractivity contribution >= 4 is 19.3 Å². The van der Waals surface area contributed by atoms with E-state index < -0.39 is 0 Å². The summed E-state index contributed by atoms with van der Waals surface area (Å²) < 4.78 is 0. The molecule has 2 heteroatoms. The lowest BCUT2D eigenvalue weighted by atomic mass is 10.4. The predicted molar refractivity (Wildman–Crippen MR) is 58.3 cm³/mol. The molecule has 1 aromatic carbocycles. The van der Waals surface area contributed by atoms with Gasteiger partial charge in [0, 0.05) is 6.20 Å². The Balaban J connectivity index is 2.16. The minimum Gasteiger partial charge on any atom is -0.256 e. The minimum atomic E-state index is 0.666. The van der Waals surface area contributed by atoms with Gasteiger partial charge in [0.05, 0.1) is 5.44 Å². The Morgan fingerprint density at radius 3 is 2.31 bits per heavy atom. The molecular formula is C11H10NP. The summed E-state index contributed by atoms with van der Waals surface area (Å²) in [4.78, 5) is 4.29. The molecule has 0 fully saturated rings. The average Bonchev–Trinajstić information content (AvgIpc) is 2.21. The van der Waals surface area contributed by atoms with Crippen LogP contribution in [0.5, 0.6) is 0 Å². The Kier molecular flexibility index (Phi) is 2.68. The Morgan fingerprint density at radius 1 is 0.846 bits per heavy atom. The smallest absolute Gasteiger partial charge is 0.0645 e. The molecule has 2 aromatic rings. The van der Waals surface area contributed by atoms with Crippen LogP contribution in [-0.2, 0) is 0 Å². The zero-order valence-electron chi connectivity index (χ0n) is 7.14. The van der Waals surface area contributed by atoms with E-state index >= 15 is 0 Å². The van der Waals surface area contributed by atoms with E-state index in [-0.39, 0.29) is 0 Å². The van der Waals surface area contributed by atoms with Gasteiger partial charge in [-0.1, -0.05) is 36.4 Å². The lowest BCUT2D eigenvalue weighted by molar-refractivity contribution is 1.39. The molecule has 0 saturated heterocycles. The van der Waals surface area contributed by atoms with Crippen LogP contribution in [0.15, 0.2) is 54.7 Å². The highest BCUT2D eigenvalue weighted by Crippen LogP contribution is 2.06. The summed E-state index contributed by atoms with van der Waals surface area (Å²) in [5.74, 6) is 0. The first-order chi connectivity index (χ1) is 6.45. The lowest BCUT2D eigenvalue weighted by Crippen LogP contribution is -2.05. The topological polar surface area (TPSA) is 12.9 Å². The van der Waals surface area contributed by atoms with Gasteiger partial charge in [0.1, 0.15) is 0 Å². The van der Waals surface area contributed by atoms with E-state index in [0.29, 0.717) is 8.58 Å². The summed E-state index contributed by atoms with van der Waals surface area (Å²) in [6, 6.07) is 16.5. The molecule has 0 bridgehead atoms. The van der Waals surface area contributed by atoms with E-state index in [0.717, 1.165) is 5.44 Å². The van der Waals surface area contributed by atoms with E-state index in [1.807, 2.05) is 24.4 Å². The lowest BCUT2D eigenvalue weighted by Gasteiger charge is -1.99. The predicted octanol–water partition coefficient (Wildman–Crippen LogP) is 1.71. The molecule has 0 radical (unpaired) electrons. The van der Waals surface area contributed by atoms with Crippen molar-refractivity contribution in [2.24, 2.45) is 0 Å². The van der Waals surface area contributed by atoms with Gasteiger partial charge in [-0.2, -0.15) is 0 Å². The molecule has 0 saturated carbocycles. The largest absolute Gasteiger partial charge is 0.256 e. The molecule has 1 aromatic heterocycles. The normalized spacial score (nSPS) is 10.8. The van der Waals surface area contributed by atoms with Crippen LogP contribution in [-0.4, -0.2) is 4.98 Å². The summed E-state index contributed by atoms with van der Waals surface area (Å²) in [7, 11) is 0.666. The van der Waals surface area contributed by atoms with Crippen molar-refractivity contribution in [1.29, 1.82) is 0 Å². The van der Waals surface area contributed by atoms with E-state index in [1.54, 1.807) is 0 Å². The monoisotopic (exact) mass is 187 g/mol. The maximum absolute atomic E-state index is 4.29. The van der Waals surface area contributed by atoms with Crippen molar-refractivity contribution in [3.8, 4) is 0 Å². The van der Waals surface area contributed by atoms with Gasteiger partial charge in [0.2, 0.25) is 0 Å². The van der Waals surface area contributed by atoms with E-state index in [1.165, 1.54) is 5.30 Å². The van der Waals surface area contributed by atoms with E-state index in [4.69, 9.17) is 0 Å². The molecule has 0 aliphatic carbocycles. The summed E-state index contributed by atoms with van der Waals surface area (Å²) in [6.07, 6.45) is 1.84. The van der Waals surface area contributed by atoms with Gasteiger partial charge in [0.15, 0.2) is 0 Å². The van der Waals surface area contributed by atoms with Crippen LogP contribution in [0.25, 0.3) is 0 Å². The molecule has 0 N–H and O–H groups in total. The first kappa shape index (κ1) is 8.40. The average molecular weight is 187 g/mol. The number of aromatic nitrogens is 1. The molecule has 0 aliphatic heterocycles. The molecule has 1 atom stereocenters. The Bertz CT molecular complexity index is 321. The van der Waals surface area contributed by atoms with Crippen molar-refractivity contribution in [1.82, 2.24) is 4.98 Å². The second-order valence-corrected chi connectivity index (χ2v) is 4.05. The van der Waals surface area contributed by atoms with Crippen molar-refractivity contribution < 1.29 is 0 Å². The number of rotatable bonds is 2. The molecule has 13 heavy (non-hydrogen) atoms. The molecule has 64 valence electrons. The molecule has 1 heterocycles. The zero-order chi connectivity index (χ0) is 8.93. The van der Waals surface area contributed by atoms with Crippen molar-refractivity contribution in [2.75, 3.05) is 0 Å².